The lowest BCUT2D eigenvalue weighted by Gasteiger charge is -2.26. The molecule has 36 heavy (non-hydrogen) atoms. The molecule has 2 aromatic heterocycles. The summed E-state index contributed by atoms with van der Waals surface area (Å²) in [5, 5.41) is 13.7. The summed E-state index contributed by atoms with van der Waals surface area (Å²) in [7, 11) is -3.52. The zero-order chi connectivity index (χ0) is 25.7. The fourth-order valence-corrected chi connectivity index (χ4v) is 6.21. The van der Waals surface area contributed by atoms with Crippen LogP contribution in [-0.2, 0) is 14.8 Å². The van der Waals surface area contributed by atoms with E-state index in [0.717, 1.165) is 10.0 Å². The van der Waals surface area contributed by atoms with E-state index in [2.05, 4.69) is 24.9 Å². The van der Waals surface area contributed by atoms with E-state index in [9.17, 15) is 13.5 Å². The third-order valence-corrected chi connectivity index (χ3v) is 8.36. The van der Waals surface area contributed by atoms with Gasteiger partial charge in [0.15, 0.2) is 5.13 Å². The Balaban J connectivity index is 1.78. The van der Waals surface area contributed by atoms with Crippen molar-refractivity contribution in [1.82, 2.24) is 15.0 Å². The summed E-state index contributed by atoms with van der Waals surface area (Å²) < 4.78 is 32.9. The first kappa shape index (κ1) is 26.6. The van der Waals surface area contributed by atoms with E-state index in [0.29, 0.717) is 67.9 Å². The minimum absolute atomic E-state index is 0.000143. The SMILES string of the molecule is CCCS(=O)(=O)Nc1cccc(-c2nc(N3CCOCC3)sc2-c2ccnc(NCC(C)O)n2)c1Cl. The maximum absolute atomic E-state index is 12.4. The summed E-state index contributed by atoms with van der Waals surface area (Å²) in [6.07, 6.45) is 1.58. The van der Waals surface area contributed by atoms with Crippen LogP contribution in [-0.4, -0.2) is 73.2 Å². The Morgan fingerprint density at radius 1 is 1.25 bits per heavy atom. The predicted molar refractivity (Wildman–Crippen MR) is 144 cm³/mol. The predicted octanol–water partition coefficient (Wildman–Crippen LogP) is 3.70. The molecule has 0 amide bonds. The van der Waals surface area contributed by atoms with Gasteiger partial charge in [-0.25, -0.2) is 23.4 Å². The molecular formula is C23H29ClN6O4S2. The van der Waals surface area contributed by atoms with Crippen molar-refractivity contribution in [2.75, 3.05) is 53.5 Å². The summed E-state index contributed by atoms with van der Waals surface area (Å²) in [6, 6.07) is 6.99. The molecule has 0 bridgehead atoms. The van der Waals surface area contributed by atoms with Crippen LogP contribution in [0.1, 0.15) is 20.3 Å². The molecule has 1 saturated heterocycles. The Kier molecular flexibility index (Phi) is 8.62. The van der Waals surface area contributed by atoms with Crippen molar-refractivity contribution < 1.29 is 18.3 Å². The van der Waals surface area contributed by atoms with E-state index in [1.165, 1.54) is 11.3 Å². The number of nitrogens with one attached hydrogen (secondary N) is 2. The Bertz CT molecular complexity index is 1300. The zero-order valence-corrected chi connectivity index (χ0v) is 22.5. The van der Waals surface area contributed by atoms with Crippen molar-refractivity contribution >= 4 is 49.7 Å². The molecule has 13 heteroatoms. The van der Waals surface area contributed by atoms with Crippen LogP contribution in [0, 0.1) is 0 Å². The molecule has 0 aliphatic carbocycles. The fraction of sp³-hybridized carbons (Fsp3) is 0.435. The van der Waals surface area contributed by atoms with Crippen LogP contribution in [0.4, 0.5) is 16.8 Å². The molecule has 1 aromatic carbocycles. The zero-order valence-electron chi connectivity index (χ0n) is 20.1. The first-order chi connectivity index (χ1) is 17.3. The van der Waals surface area contributed by atoms with E-state index >= 15 is 0 Å². The minimum Gasteiger partial charge on any atom is -0.392 e. The molecule has 0 radical (unpaired) electrons. The van der Waals surface area contributed by atoms with Gasteiger partial charge in [0.2, 0.25) is 16.0 Å². The summed E-state index contributed by atoms with van der Waals surface area (Å²) in [6.45, 7) is 6.43. The largest absolute Gasteiger partial charge is 0.392 e. The minimum atomic E-state index is -3.52. The van der Waals surface area contributed by atoms with Gasteiger partial charge >= 0.3 is 0 Å². The number of sulfonamides is 1. The molecule has 3 aromatic rings. The third kappa shape index (κ3) is 6.43. The quantitative estimate of drug-likeness (QED) is 0.344. The summed E-state index contributed by atoms with van der Waals surface area (Å²) in [5.74, 6) is 0.382. The molecule has 4 rings (SSSR count). The number of aromatic nitrogens is 3. The molecule has 3 N–H and O–H groups in total. The van der Waals surface area contributed by atoms with Crippen LogP contribution in [0.2, 0.25) is 5.02 Å². The first-order valence-electron chi connectivity index (χ1n) is 11.7. The Morgan fingerprint density at radius 2 is 2.03 bits per heavy atom. The molecule has 1 aliphatic rings. The Hall–Kier alpha value is -2.51. The number of benzene rings is 1. The molecule has 1 atom stereocenters. The monoisotopic (exact) mass is 552 g/mol. The van der Waals surface area contributed by atoms with E-state index in [4.69, 9.17) is 21.3 Å². The average Bonchev–Trinajstić information content (AvgIpc) is 3.30. The average molecular weight is 553 g/mol. The standard InChI is InChI=1S/C23H29ClN6O4S2/c1-3-13-36(32,33)29-17-6-4-5-16(19(17)24)20-21(35-23(28-20)30-9-11-34-12-10-30)18-7-8-25-22(27-18)26-14-15(2)31/h4-8,15,29,31H,3,9-14H2,1-2H3,(H,25,26,27). The number of ether oxygens (including phenoxy) is 1. The van der Waals surface area contributed by atoms with Crippen molar-refractivity contribution in [3.05, 3.63) is 35.5 Å². The number of hydrogen-bond donors (Lipinski definition) is 3. The van der Waals surface area contributed by atoms with Gasteiger partial charge in [0.1, 0.15) is 0 Å². The van der Waals surface area contributed by atoms with E-state index in [1.807, 2.05) is 6.07 Å². The van der Waals surface area contributed by atoms with Gasteiger partial charge in [-0.1, -0.05) is 42.0 Å². The van der Waals surface area contributed by atoms with E-state index in [-0.39, 0.29) is 10.8 Å². The third-order valence-electron chi connectivity index (χ3n) is 5.33. The molecule has 1 unspecified atom stereocenters. The number of halogens is 1. The van der Waals surface area contributed by atoms with Crippen molar-refractivity contribution in [3.8, 4) is 21.8 Å². The van der Waals surface area contributed by atoms with Gasteiger partial charge in [-0.3, -0.25) is 4.72 Å². The highest BCUT2D eigenvalue weighted by atomic mass is 35.5. The number of rotatable bonds is 10. The van der Waals surface area contributed by atoms with Crippen molar-refractivity contribution in [1.29, 1.82) is 0 Å². The van der Waals surface area contributed by atoms with Crippen LogP contribution in [0.3, 0.4) is 0 Å². The number of nitrogens with zero attached hydrogens (tertiary/aromatic N) is 4. The highest BCUT2D eigenvalue weighted by molar-refractivity contribution is 7.92. The highest BCUT2D eigenvalue weighted by Crippen LogP contribution is 2.44. The number of aliphatic hydroxyl groups excluding tert-OH is 1. The number of anilines is 3. The lowest BCUT2D eigenvalue weighted by atomic mass is 10.1. The van der Waals surface area contributed by atoms with Crippen molar-refractivity contribution in [2.45, 2.75) is 26.4 Å². The lowest BCUT2D eigenvalue weighted by molar-refractivity contribution is 0.122. The molecule has 194 valence electrons. The lowest BCUT2D eigenvalue weighted by Crippen LogP contribution is -2.36. The number of morpholine rings is 1. The first-order valence-corrected chi connectivity index (χ1v) is 14.5. The molecule has 0 saturated carbocycles. The van der Waals surface area contributed by atoms with Gasteiger partial charge in [-0.15, -0.1) is 0 Å². The normalized spacial score (nSPS) is 15.1. The maximum atomic E-state index is 12.4. The van der Waals surface area contributed by atoms with Gasteiger partial charge in [-0.2, -0.15) is 0 Å². The molecule has 0 spiro atoms. The van der Waals surface area contributed by atoms with Crippen LogP contribution in [0.15, 0.2) is 30.5 Å². The van der Waals surface area contributed by atoms with Crippen LogP contribution < -0.4 is 14.9 Å². The maximum Gasteiger partial charge on any atom is 0.232 e. The summed E-state index contributed by atoms with van der Waals surface area (Å²) >= 11 is 8.23. The second kappa shape index (κ2) is 11.7. The molecule has 10 nitrogen and oxygen atoms in total. The van der Waals surface area contributed by atoms with Gasteiger partial charge in [0, 0.05) is 31.4 Å². The number of aliphatic hydroxyl groups is 1. The van der Waals surface area contributed by atoms with Crippen LogP contribution >= 0.6 is 22.9 Å². The summed E-state index contributed by atoms with van der Waals surface area (Å²) in [4.78, 5) is 16.7. The molecular weight excluding hydrogens is 524 g/mol. The summed E-state index contributed by atoms with van der Waals surface area (Å²) in [5.41, 5.74) is 2.13. The van der Waals surface area contributed by atoms with Gasteiger partial charge < -0.3 is 20.1 Å². The smallest absolute Gasteiger partial charge is 0.232 e. The van der Waals surface area contributed by atoms with Gasteiger partial charge in [0.05, 0.1) is 52.0 Å². The second-order valence-corrected chi connectivity index (χ2v) is 11.6. The topological polar surface area (TPSA) is 130 Å². The highest BCUT2D eigenvalue weighted by Gasteiger charge is 2.24. The van der Waals surface area contributed by atoms with E-state index < -0.39 is 16.1 Å². The number of hydrogen-bond acceptors (Lipinski definition) is 10. The fourth-order valence-electron chi connectivity index (χ4n) is 3.65. The van der Waals surface area contributed by atoms with Gasteiger partial charge in [-0.05, 0) is 25.5 Å². The second-order valence-electron chi connectivity index (χ2n) is 8.36. The van der Waals surface area contributed by atoms with Crippen LogP contribution in [0.5, 0.6) is 0 Å². The molecule has 1 fully saturated rings. The molecule has 1 aliphatic heterocycles. The number of thiazole rings is 1. The van der Waals surface area contributed by atoms with Crippen molar-refractivity contribution in [3.63, 3.8) is 0 Å². The van der Waals surface area contributed by atoms with Crippen molar-refractivity contribution in [2.24, 2.45) is 0 Å². The van der Waals surface area contributed by atoms with Gasteiger partial charge in [0.25, 0.3) is 0 Å². The van der Waals surface area contributed by atoms with Crippen LogP contribution in [0.25, 0.3) is 21.8 Å². The molecule has 3 heterocycles. The Labute approximate surface area is 219 Å². The Morgan fingerprint density at radius 3 is 2.75 bits per heavy atom. The van der Waals surface area contributed by atoms with E-state index in [1.54, 1.807) is 38.2 Å².